The topological polar surface area (TPSA) is 95.7 Å². The van der Waals surface area contributed by atoms with Gasteiger partial charge in [-0.25, -0.2) is 19.6 Å². The molecule has 3 aromatic heterocycles. The van der Waals surface area contributed by atoms with Crippen molar-refractivity contribution < 1.29 is 4.42 Å². The summed E-state index contributed by atoms with van der Waals surface area (Å²) < 4.78 is 6.76. The fourth-order valence-corrected chi connectivity index (χ4v) is 1.41. The molecule has 7 nitrogen and oxygen atoms in total. The lowest BCUT2D eigenvalue weighted by Gasteiger charge is -1.99. The van der Waals surface area contributed by atoms with E-state index in [1.165, 1.54) is 6.33 Å². The van der Waals surface area contributed by atoms with Crippen molar-refractivity contribution in [1.82, 2.24) is 24.7 Å². The molecule has 0 saturated heterocycles. The van der Waals surface area contributed by atoms with Crippen LogP contribution in [0.2, 0.25) is 0 Å². The average molecular weight is 228 g/mol. The van der Waals surface area contributed by atoms with Crippen molar-refractivity contribution in [3.8, 4) is 17.1 Å². The largest absolute Gasteiger partial charge is 0.424 e. The highest BCUT2D eigenvalue weighted by molar-refractivity contribution is 5.56. The molecule has 0 saturated carbocycles. The zero-order chi connectivity index (χ0) is 11.7. The van der Waals surface area contributed by atoms with Crippen molar-refractivity contribution >= 4 is 6.01 Å². The number of pyridine rings is 1. The Kier molecular flexibility index (Phi) is 2.08. The van der Waals surface area contributed by atoms with Gasteiger partial charge in [0.05, 0.1) is 6.20 Å². The Balaban J connectivity index is 1.95. The van der Waals surface area contributed by atoms with E-state index in [0.29, 0.717) is 11.6 Å². The number of rotatable bonds is 2. The summed E-state index contributed by atoms with van der Waals surface area (Å²) in [7, 11) is 0. The van der Waals surface area contributed by atoms with Crippen LogP contribution in [0.25, 0.3) is 17.1 Å². The van der Waals surface area contributed by atoms with Crippen LogP contribution in [0, 0.1) is 0 Å². The first-order chi connectivity index (χ1) is 8.33. The molecule has 0 aliphatic rings. The van der Waals surface area contributed by atoms with Gasteiger partial charge in [0, 0.05) is 11.8 Å². The summed E-state index contributed by atoms with van der Waals surface area (Å²) in [4.78, 5) is 11.9. The molecule has 3 rings (SSSR count). The smallest absolute Gasteiger partial charge is 0.292 e. The van der Waals surface area contributed by atoms with Crippen molar-refractivity contribution in [3.05, 3.63) is 37.2 Å². The fourth-order valence-electron chi connectivity index (χ4n) is 1.41. The molecule has 84 valence electrons. The second-order valence-corrected chi connectivity index (χ2v) is 3.31. The van der Waals surface area contributed by atoms with E-state index in [1.54, 1.807) is 23.4 Å². The van der Waals surface area contributed by atoms with E-state index < -0.39 is 0 Å². The van der Waals surface area contributed by atoms with Gasteiger partial charge in [-0.3, -0.25) is 0 Å². The highest BCUT2D eigenvalue weighted by Crippen LogP contribution is 2.20. The second kappa shape index (κ2) is 3.71. The monoisotopic (exact) mass is 228 g/mol. The highest BCUT2D eigenvalue weighted by atomic mass is 16.4. The number of hydrogen-bond acceptors (Lipinski definition) is 6. The molecule has 0 amide bonds. The quantitative estimate of drug-likeness (QED) is 0.700. The lowest BCUT2D eigenvalue weighted by atomic mass is 10.2. The third-order valence-electron chi connectivity index (χ3n) is 2.21. The Morgan fingerprint density at radius 1 is 1.18 bits per heavy atom. The molecule has 0 spiro atoms. The van der Waals surface area contributed by atoms with Gasteiger partial charge < -0.3 is 10.2 Å². The van der Waals surface area contributed by atoms with Crippen molar-refractivity contribution in [2.75, 3.05) is 5.73 Å². The molecule has 2 N–H and O–H groups in total. The van der Waals surface area contributed by atoms with E-state index in [9.17, 15) is 0 Å². The predicted molar refractivity (Wildman–Crippen MR) is 59.1 cm³/mol. The number of aromatic nitrogens is 5. The molecule has 0 bridgehead atoms. The van der Waals surface area contributed by atoms with Crippen molar-refractivity contribution in [2.24, 2.45) is 0 Å². The summed E-state index contributed by atoms with van der Waals surface area (Å²) >= 11 is 0. The first-order valence-electron chi connectivity index (χ1n) is 4.85. The molecule has 0 aromatic carbocycles. The minimum Gasteiger partial charge on any atom is -0.424 e. The fraction of sp³-hybridized carbons (Fsp3) is 0. The Morgan fingerprint density at radius 2 is 2.12 bits per heavy atom. The number of oxazole rings is 1. The van der Waals surface area contributed by atoms with E-state index in [0.717, 1.165) is 5.56 Å². The summed E-state index contributed by atoms with van der Waals surface area (Å²) in [5.74, 6) is 1.26. The van der Waals surface area contributed by atoms with Crippen molar-refractivity contribution in [2.45, 2.75) is 0 Å². The number of nitrogens with zero attached hydrogens (tertiary/aromatic N) is 5. The molecular weight excluding hydrogens is 220 g/mol. The molecule has 0 radical (unpaired) electrons. The first-order valence-corrected chi connectivity index (χ1v) is 4.85. The lowest BCUT2D eigenvalue weighted by molar-refractivity contribution is 0.594. The van der Waals surface area contributed by atoms with Crippen LogP contribution in [0.4, 0.5) is 6.01 Å². The SMILES string of the molecule is Nc1ncc(-c2ccc(-n3cncn3)nc2)o1. The van der Waals surface area contributed by atoms with Gasteiger partial charge in [-0.15, -0.1) is 0 Å². The van der Waals surface area contributed by atoms with Crippen molar-refractivity contribution in [1.29, 1.82) is 0 Å². The third-order valence-corrected chi connectivity index (χ3v) is 2.21. The Morgan fingerprint density at radius 3 is 2.71 bits per heavy atom. The molecule has 7 heteroatoms. The van der Waals surface area contributed by atoms with Crippen LogP contribution < -0.4 is 5.73 Å². The Bertz CT molecular complexity index is 613. The van der Waals surface area contributed by atoms with Crippen LogP contribution in [0.15, 0.2) is 41.6 Å². The molecule has 0 fully saturated rings. The third kappa shape index (κ3) is 1.73. The first kappa shape index (κ1) is 9.52. The van der Waals surface area contributed by atoms with Gasteiger partial charge in [-0.2, -0.15) is 5.10 Å². The number of anilines is 1. The number of hydrogen-bond donors (Lipinski definition) is 1. The number of nitrogens with two attached hydrogens (primary N) is 1. The van der Waals surface area contributed by atoms with Crippen LogP contribution in [0.1, 0.15) is 0 Å². The zero-order valence-electron chi connectivity index (χ0n) is 8.69. The minimum absolute atomic E-state index is 0.139. The summed E-state index contributed by atoms with van der Waals surface area (Å²) in [6.07, 6.45) is 6.25. The molecule has 3 aromatic rings. The van der Waals surface area contributed by atoms with Gasteiger partial charge in [-0.05, 0) is 12.1 Å². The summed E-state index contributed by atoms with van der Waals surface area (Å²) in [5.41, 5.74) is 6.21. The van der Waals surface area contributed by atoms with Crippen LogP contribution in [-0.4, -0.2) is 24.7 Å². The summed E-state index contributed by atoms with van der Waals surface area (Å²) in [5, 5.41) is 3.98. The highest BCUT2D eigenvalue weighted by Gasteiger charge is 2.05. The van der Waals surface area contributed by atoms with E-state index in [2.05, 4.69) is 20.1 Å². The maximum Gasteiger partial charge on any atom is 0.292 e. The average Bonchev–Trinajstić information content (AvgIpc) is 3.00. The predicted octanol–water partition coefficient (Wildman–Crippen LogP) is 0.899. The maximum atomic E-state index is 5.40. The zero-order valence-corrected chi connectivity index (χ0v) is 8.69. The van der Waals surface area contributed by atoms with E-state index in [1.807, 2.05) is 12.1 Å². The van der Waals surface area contributed by atoms with Crippen LogP contribution in [0.3, 0.4) is 0 Å². The summed E-state index contributed by atoms with van der Waals surface area (Å²) in [6, 6.07) is 3.80. The van der Waals surface area contributed by atoms with E-state index in [4.69, 9.17) is 10.2 Å². The van der Waals surface area contributed by atoms with E-state index in [-0.39, 0.29) is 6.01 Å². The molecule has 0 atom stereocenters. The second-order valence-electron chi connectivity index (χ2n) is 3.31. The van der Waals surface area contributed by atoms with Gasteiger partial charge >= 0.3 is 0 Å². The Labute approximate surface area is 95.9 Å². The molecule has 0 unspecified atom stereocenters. The molecular formula is C10H8N6O. The molecule has 0 aliphatic carbocycles. The standard InChI is InChI=1S/C10H8N6O/c11-10-14-4-8(17-10)7-1-2-9(13-3-7)16-6-12-5-15-16/h1-6H,(H2,11,14). The number of nitrogen functional groups attached to an aromatic ring is 1. The molecule has 0 aliphatic heterocycles. The summed E-state index contributed by atoms with van der Waals surface area (Å²) in [6.45, 7) is 0. The lowest BCUT2D eigenvalue weighted by Crippen LogP contribution is -1.97. The van der Waals surface area contributed by atoms with Crippen LogP contribution in [0.5, 0.6) is 0 Å². The Hall–Kier alpha value is -2.70. The molecule has 17 heavy (non-hydrogen) atoms. The normalized spacial score (nSPS) is 10.6. The molecule has 3 heterocycles. The van der Waals surface area contributed by atoms with Gasteiger partial charge in [0.1, 0.15) is 12.7 Å². The van der Waals surface area contributed by atoms with Gasteiger partial charge in [0.2, 0.25) is 0 Å². The van der Waals surface area contributed by atoms with Crippen LogP contribution in [-0.2, 0) is 0 Å². The van der Waals surface area contributed by atoms with E-state index >= 15 is 0 Å². The van der Waals surface area contributed by atoms with Crippen molar-refractivity contribution in [3.63, 3.8) is 0 Å². The van der Waals surface area contributed by atoms with Gasteiger partial charge in [0.15, 0.2) is 11.6 Å². The van der Waals surface area contributed by atoms with Gasteiger partial charge in [0.25, 0.3) is 6.01 Å². The maximum absolute atomic E-state index is 5.40. The minimum atomic E-state index is 0.139. The van der Waals surface area contributed by atoms with Gasteiger partial charge in [-0.1, -0.05) is 0 Å². The van der Waals surface area contributed by atoms with Crippen LogP contribution >= 0.6 is 0 Å².